The molecule has 4 heterocycles. The predicted octanol–water partition coefficient (Wildman–Crippen LogP) is 5.33. The summed E-state index contributed by atoms with van der Waals surface area (Å²) in [6.07, 6.45) is -7.85. The number of hydrogen-bond acceptors (Lipinski definition) is 9. The van der Waals surface area contributed by atoms with Crippen molar-refractivity contribution in [2.75, 3.05) is 50.0 Å². The van der Waals surface area contributed by atoms with Gasteiger partial charge in [-0.2, -0.15) is 41.6 Å². The summed E-state index contributed by atoms with van der Waals surface area (Å²) in [5.74, 6) is -2.14. The number of nitrogens with zero attached hydrogens (tertiary/aromatic N) is 5. The van der Waals surface area contributed by atoms with Gasteiger partial charge < -0.3 is 20.5 Å². The normalized spacial score (nSPS) is 19.5. The quantitative estimate of drug-likeness (QED) is 0.304. The Morgan fingerprint density at radius 1 is 1.17 bits per heavy atom. The first kappa shape index (κ1) is 34.2. The number of likely N-dealkylation sites (N-methyl/N-ethyl adjacent to an activating group) is 1. The zero-order valence-electron chi connectivity index (χ0n) is 26.2. The maximum Gasteiger partial charge on any atom is 0.419 e. The van der Waals surface area contributed by atoms with Crippen molar-refractivity contribution in [3.8, 4) is 12.1 Å². The van der Waals surface area contributed by atoms with Crippen LogP contribution in [0.1, 0.15) is 68.2 Å². The van der Waals surface area contributed by atoms with E-state index >= 15 is 30.7 Å². The number of nitrogen functional groups attached to an aromatic ring is 1. The van der Waals surface area contributed by atoms with Crippen molar-refractivity contribution < 1.29 is 40.6 Å². The highest BCUT2D eigenvalue weighted by atomic mass is 32.1. The number of aromatic nitrogens is 2. The molecule has 0 saturated carbocycles. The van der Waals surface area contributed by atoms with Gasteiger partial charge in [0, 0.05) is 35.2 Å². The summed E-state index contributed by atoms with van der Waals surface area (Å²) in [5.41, 5.74) is -0.711. The molecule has 6 rings (SSSR count). The number of anilines is 2. The minimum atomic E-state index is -5.41. The first-order valence-corrected chi connectivity index (χ1v) is 16.4. The van der Waals surface area contributed by atoms with Crippen molar-refractivity contribution >= 4 is 44.5 Å². The molecule has 0 radical (unpaired) electrons. The molecule has 0 bridgehead atoms. The molecule has 0 spiro atoms. The van der Waals surface area contributed by atoms with E-state index in [1.165, 1.54) is 11.8 Å². The van der Waals surface area contributed by atoms with Crippen LogP contribution in [0.15, 0.2) is 6.07 Å². The summed E-state index contributed by atoms with van der Waals surface area (Å²) in [6.45, 7) is 4.23. The largest absolute Gasteiger partial charge is 0.461 e. The lowest BCUT2D eigenvalue weighted by atomic mass is 9.82. The van der Waals surface area contributed by atoms with Crippen LogP contribution < -0.4 is 25.1 Å². The molecule has 2 fully saturated rings. The number of aliphatic hydroxyl groups excluding tert-OH is 1. The van der Waals surface area contributed by atoms with E-state index in [1.807, 2.05) is 0 Å². The van der Waals surface area contributed by atoms with Gasteiger partial charge >= 0.3 is 18.4 Å². The maximum atomic E-state index is 15.4. The molecule has 16 heteroatoms. The van der Waals surface area contributed by atoms with Gasteiger partial charge in [-0.05, 0) is 63.8 Å². The van der Waals surface area contributed by atoms with E-state index in [1.54, 1.807) is 13.0 Å². The molecule has 1 unspecified atom stereocenters. The fourth-order valence-electron chi connectivity index (χ4n) is 7.51. The first-order chi connectivity index (χ1) is 22.6. The number of rotatable bonds is 8. The van der Waals surface area contributed by atoms with E-state index in [-0.39, 0.29) is 45.8 Å². The molecule has 3 aliphatic rings. The molecule has 3 N–H and O–H groups in total. The van der Waals surface area contributed by atoms with Gasteiger partial charge in [-0.25, -0.2) is 4.39 Å². The number of fused-ring (bicyclic) bond motifs is 3. The van der Waals surface area contributed by atoms with Gasteiger partial charge in [-0.3, -0.25) is 4.90 Å². The fourth-order valence-corrected chi connectivity index (χ4v) is 8.60. The van der Waals surface area contributed by atoms with Crippen LogP contribution in [0.5, 0.6) is 6.01 Å². The Kier molecular flexibility index (Phi) is 8.78. The average Bonchev–Trinajstić information content (AvgIpc) is 3.70. The number of hydrogen-bond donors (Lipinski definition) is 2. The number of nitriles is 1. The Morgan fingerprint density at radius 2 is 1.85 bits per heavy atom. The number of halogens is 7. The van der Waals surface area contributed by atoms with Crippen molar-refractivity contribution in [1.82, 2.24) is 14.9 Å². The lowest BCUT2D eigenvalue weighted by Gasteiger charge is -2.31. The molecular formula is C32H33F7N6O2S. The Balaban J connectivity index is 1.73. The molecule has 2 aliphatic heterocycles. The Hall–Kier alpha value is -3.68. The van der Waals surface area contributed by atoms with Gasteiger partial charge in [-0.15, -0.1) is 11.3 Å². The van der Waals surface area contributed by atoms with Crippen LogP contribution >= 0.6 is 11.3 Å². The molecule has 1 aliphatic carbocycles. The van der Waals surface area contributed by atoms with Gasteiger partial charge in [-0.1, -0.05) is 6.92 Å². The molecule has 2 aromatic heterocycles. The van der Waals surface area contributed by atoms with E-state index in [2.05, 4.69) is 14.9 Å². The van der Waals surface area contributed by atoms with Gasteiger partial charge in [0.2, 0.25) is 0 Å². The first-order valence-electron chi connectivity index (χ1n) is 15.6. The Labute approximate surface area is 274 Å². The van der Waals surface area contributed by atoms with E-state index in [0.717, 1.165) is 38.8 Å². The zero-order chi connectivity index (χ0) is 34.8. The average molecular weight is 699 g/mol. The SMILES string of the molecule is CCN(CCO)c1nc(OCC23CCCN2CCC3)nc2c(C(F)(F)F)c(C3=c4c(C#N)c(N)sc4=C(F)C(C)C3)c(C(F)(F)F)cc12. The third-order valence-electron chi connectivity index (χ3n) is 9.68. The van der Waals surface area contributed by atoms with E-state index in [0.29, 0.717) is 17.4 Å². The molecule has 1 atom stereocenters. The lowest BCUT2D eigenvalue weighted by molar-refractivity contribution is -0.142. The fraction of sp³-hybridized carbons (Fsp3) is 0.531. The number of aliphatic hydroxyl groups is 1. The molecule has 1 aromatic carbocycles. The third-order valence-corrected chi connectivity index (χ3v) is 10.7. The summed E-state index contributed by atoms with van der Waals surface area (Å²) in [6, 6.07) is 1.87. The minimum Gasteiger partial charge on any atom is -0.461 e. The lowest BCUT2D eigenvalue weighted by Crippen LogP contribution is -2.43. The van der Waals surface area contributed by atoms with Crippen molar-refractivity contribution in [3.05, 3.63) is 38.1 Å². The number of alkyl halides is 6. The van der Waals surface area contributed by atoms with Gasteiger partial charge in [0.1, 0.15) is 29.3 Å². The second-order valence-electron chi connectivity index (χ2n) is 12.5. The van der Waals surface area contributed by atoms with Crippen molar-refractivity contribution in [3.63, 3.8) is 0 Å². The van der Waals surface area contributed by atoms with Crippen LogP contribution in [-0.2, 0) is 12.4 Å². The molecule has 258 valence electrons. The standard InChI is InChI=1S/C32H33F7N6O2S/c1-3-44(10-11-46)28-18-13-20(31(34,35)36)22(17-12-16(2)24(33)26-21(17)19(14-40)27(41)48-26)23(32(37,38)39)25(18)42-29(43-28)47-15-30-6-4-8-45(30)9-5-7-30/h13,16,46H,3-12,15,41H2,1-2H3. The summed E-state index contributed by atoms with van der Waals surface area (Å²) < 4.78 is 112. The predicted molar refractivity (Wildman–Crippen MR) is 166 cm³/mol. The van der Waals surface area contributed by atoms with Crippen LogP contribution in [0.2, 0.25) is 0 Å². The summed E-state index contributed by atoms with van der Waals surface area (Å²) in [7, 11) is 0. The van der Waals surface area contributed by atoms with Gasteiger partial charge in [0.15, 0.2) is 0 Å². The second kappa shape index (κ2) is 12.3. The zero-order valence-corrected chi connectivity index (χ0v) is 27.0. The summed E-state index contributed by atoms with van der Waals surface area (Å²) in [4.78, 5) is 12.1. The summed E-state index contributed by atoms with van der Waals surface area (Å²) >= 11 is 0.605. The minimum absolute atomic E-state index is 0.0754. The Bertz CT molecular complexity index is 1920. The van der Waals surface area contributed by atoms with E-state index < -0.39 is 81.9 Å². The van der Waals surface area contributed by atoms with E-state index in [4.69, 9.17) is 10.5 Å². The van der Waals surface area contributed by atoms with Crippen LogP contribution in [0.3, 0.4) is 0 Å². The van der Waals surface area contributed by atoms with Gasteiger partial charge in [0.05, 0.1) is 38.9 Å². The van der Waals surface area contributed by atoms with Crippen molar-refractivity contribution in [2.24, 2.45) is 5.92 Å². The van der Waals surface area contributed by atoms with Crippen molar-refractivity contribution in [2.45, 2.75) is 63.8 Å². The van der Waals surface area contributed by atoms with Crippen LogP contribution in [-0.4, -0.2) is 64.9 Å². The molecule has 3 aromatic rings. The van der Waals surface area contributed by atoms with Crippen LogP contribution in [0.25, 0.3) is 22.3 Å². The molecule has 48 heavy (non-hydrogen) atoms. The molecule has 0 amide bonds. The second-order valence-corrected chi connectivity index (χ2v) is 13.5. The maximum absolute atomic E-state index is 15.4. The molecule has 8 nitrogen and oxygen atoms in total. The smallest absolute Gasteiger partial charge is 0.419 e. The molecule has 2 saturated heterocycles. The third kappa shape index (κ3) is 5.63. The monoisotopic (exact) mass is 698 g/mol. The number of thiophene rings is 1. The van der Waals surface area contributed by atoms with E-state index in [9.17, 15) is 10.4 Å². The number of ether oxygens (including phenoxy) is 1. The van der Waals surface area contributed by atoms with Crippen LogP contribution in [0, 0.1) is 17.2 Å². The highest BCUT2D eigenvalue weighted by Crippen LogP contribution is 2.49. The topological polar surface area (TPSA) is 112 Å². The highest BCUT2D eigenvalue weighted by molar-refractivity contribution is 7.14. The van der Waals surface area contributed by atoms with Gasteiger partial charge in [0.25, 0.3) is 0 Å². The number of nitrogens with two attached hydrogens (primary N) is 1. The van der Waals surface area contributed by atoms with Crippen molar-refractivity contribution in [1.29, 1.82) is 5.26 Å². The number of benzene rings is 1. The van der Waals surface area contributed by atoms with Crippen LogP contribution in [0.4, 0.5) is 41.6 Å². The highest BCUT2D eigenvalue weighted by Gasteiger charge is 2.47. The molecular weight excluding hydrogens is 665 g/mol. The Morgan fingerprint density at radius 3 is 2.44 bits per heavy atom. The summed E-state index contributed by atoms with van der Waals surface area (Å²) in [5, 5.41) is 18.4.